The maximum atomic E-state index is 13.2. The maximum Gasteiger partial charge on any atom is 0.237 e. The first-order chi connectivity index (χ1) is 13.9. The van der Waals surface area contributed by atoms with Crippen molar-refractivity contribution in [3.05, 3.63) is 64.7 Å². The Bertz CT molecular complexity index is 874. The summed E-state index contributed by atoms with van der Waals surface area (Å²) >= 11 is 1.72. The van der Waals surface area contributed by atoms with E-state index in [1.165, 1.54) is 5.56 Å². The molecular weight excluding hydrogens is 390 g/mol. The van der Waals surface area contributed by atoms with Crippen LogP contribution in [0, 0.1) is 0 Å². The largest absolute Gasteiger partial charge is 0.507 e. The van der Waals surface area contributed by atoms with Crippen LogP contribution in [-0.4, -0.2) is 27.0 Å². The fourth-order valence-corrected chi connectivity index (χ4v) is 5.30. The number of hydrogen-bond acceptors (Lipinski definition) is 3. The van der Waals surface area contributed by atoms with E-state index in [0.29, 0.717) is 12.2 Å². The highest BCUT2D eigenvalue weighted by Crippen LogP contribution is 2.41. The number of benzene rings is 2. The molecular formula is C26H35NO2S. The second-order valence-electron chi connectivity index (χ2n) is 10.4. The molecule has 1 N–H and O–H groups in total. The summed E-state index contributed by atoms with van der Waals surface area (Å²) in [6.45, 7) is 14.8. The molecule has 2 atom stereocenters. The molecule has 30 heavy (non-hydrogen) atoms. The normalized spacial score (nSPS) is 18.7. The Labute approximate surface area is 185 Å². The van der Waals surface area contributed by atoms with E-state index < -0.39 is 0 Å². The van der Waals surface area contributed by atoms with Gasteiger partial charge in [-0.1, -0.05) is 84.0 Å². The van der Waals surface area contributed by atoms with Gasteiger partial charge in [0.25, 0.3) is 0 Å². The van der Waals surface area contributed by atoms with Gasteiger partial charge in [-0.3, -0.25) is 4.79 Å². The van der Waals surface area contributed by atoms with Crippen LogP contribution in [0.2, 0.25) is 0 Å². The van der Waals surface area contributed by atoms with Gasteiger partial charge in [0.05, 0.1) is 17.2 Å². The van der Waals surface area contributed by atoms with Crippen molar-refractivity contribution in [2.24, 2.45) is 0 Å². The summed E-state index contributed by atoms with van der Waals surface area (Å²) < 4.78 is 0. The van der Waals surface area contributed by atoms with E-state index in [1.54, 1.807) is 11.8 Å². The molecule has 3 nitrogen and oxygen atoms in total. The van der Waals surface area contributed by atoms with Crippen LogP contribution in [-0.2, 0) is 22.0 Å². The summed E-state index contributed by atoms with van der Waals surface area (Å²) in [6, 6.07) is 14.5. The van der Waals surface area contributed by atoms with Gasteiger partial charge >= 0.3 is 0 Å². The maximum absolute atomic E-state index is 13.2. The van der Waals surface area contributed by atoms with Gasteiger partial charge in [0, 0.05) is 0 Å². The van der Waals surface area contributed by atoms with E-state index in [0.717, 1.165) is 22.6 Å². The minimum Gasteiger partial charge on any atom is -0.507 e. The van der Waals surface area contributed by atoms with Gasteiger partial charge in [0.2, 0.25) is 5.91 Å². The lowest BCUT2D eigenvalue weighted by Gasteiger charge is -2.28. The quantitative estimate of drug-likeness (QED) is 0.635. The van der Waals surface area contributed by atoms with Crippen molar-refractivity contribution in [2.45, 2.75) is 77.0 Å². The molecule has 4 heteroatoms. The van der Waals surface area contributed by atoms with E-state index in [1.807, 2.05) is 23.1 Å². The van der Waals surface area contributed by atoms with Gasteiger partial charge in [0.1, 0.15) is 5.75 Å². The van der Waals surface area contributed by atoms with Gasteiger partial charge in [-0.25, -0.2) is 0 Å². The highest BCUT2D eigenvalue weighted by molar-refractivity contribution is 8.01. The van der Waals surface area contributed by atoms with Gasteiger partial charge < -0.3 is 10.0 Å². The topological polar surface area (TPSA) is 40.5 Å². The van der Waals surface area contributed by atoms with E-state index in [4.69, 9.17) is 0 Å². The standard InChI is InChI=1S/C26H35NO2S/c1-17(19-11-9-8-10-12-19)27-16-30-22(24(27)29)15-18-13-20(25(2,3)4)23(28)21(14-18)26(5,6)7/h8-14,17,22,28H,15-16H2,1-7H3/t17?,22-/m1/s1. The second kappa shape index (κ2) is 8.30. The van der Waals surface area contributed by atoms with Crippen molar-refractivity contribution in [2.75, 3.05) is 5.88 Å². The number of aromatic hydroxyl groups is 1. The SMILES string of the molecule is CC(c1ccccc1)N1CS[C@H](Cc2cc(C(C)(C)C)c(O)c(C(C)(C)C)c2)C1=O. The predicted molar refractivity (Wildman–Crippen MR) is 127 cm³/mol. The van der Waals surface area contributed by atoms with Crippen LogP contribution in [0.3, 0.4) is 0 Å². The molecule has 0 radical (unpaired) electrons. The molecule has 162 valence electrons. The van der Waals surface area contributed by atoms with E-state index >= 15 is 0 Å². The third kappa shape index (κ3) is 4.69. The van der Waals surface area contributed by atoms with Gasteiger partial charge in [-0.05, 0) is 46.4 Å². The number of phenols is 1. The first-order valence-corrected chi connectivity index (χ1v) is 11.8. The lowest BCUT2D eigenvalue weighted by atomic mass is 9.78. The number of rotatable bonds is 4. The van der Waals surface area contributed by atoms with Crippen molar-refractivity contribution in [3.63, 3.8) is 0 Å². The Kier molecular flexibility index (Phi) is 6.29. The zero-order valence-electron chi connectivity index (χ0n) is 19.3. The third-order valence-electron chi connectivity index (χ3n) is 5.93. The number of carbonyl (C=O) groups excluding carboxylic acids is 1. The summed E-state index contributed by atoms with van der Waals surface area (Å²) in [7, 11) is 0. The van der Waals surface area contributed by atoms with Gasteiger partial charge in [0.15, 0.2) is 0 Å². The third-order valence-corrected chi connectivity index (χ3v) is 7.13. The van der Waals surface area contributed by atoms with Crippen LogP contribution < -0.4 is 0 Å². The van der Waals surface area contributed by atoms with Crippen molar-refractivity contribution in [3.8, 4) is 5.75 Å². The molecule has 2 aromatic carbocycles. The van der Waals surface area contributed by atoms with Crippen LogP contribution in [0.25, 0.3) is 0 Å². The Morgan fingerprint density at radius 2 is 1.57 bits per heavy atom. The number of amides is 1. The Balaban J connectivity index is 1.87. The van der Waals surface area contributed by atoms with Crippen molar-refractivity contribution in [1.29, 1.82) is 0 Å². The molecule has 3 rings (SSSR count). The van der Waals surface area contributed by atoms with Crippen molar-refractivity contribution < 1.29 is 9.90 Å². The smallest absolute Gasteiger partial charge is 0.237 e. The lowest BCUT2D eigenvalue weighted by Crippen LogP contribution is -2.32. The summed E-state index contributed by atoms with van der Waals surface area (Å²) in [6.07, 6.45) is 0.688. The van der Waals surface area contributed by atoms with Crippen molar-refractivity contribution >= 4 is 17.7 Å². The minimum atomic E-state index is -0.166. The Morgan fingerprint density at radius 3 is 2.07 bits per heavy atom. The zero-order valence-corrected chi connectivity index (χ0v) is 20.1. The lowest BCUT2D eigenvalue weighted by molar-refractivity contribution is -0.130. The summed E-state index contributed by atoms with van der Waals surface area (Å²) in [5, 5.41) is 10.9. The van der Waals surface area contributed by atoms with Crippen LogP contribution in [0.5, 0.6) is 5.75 Å². The fourth-order valence-electron chi connectivity index (χ4n) is 4.02. The molecule has 1 saturated heterocycles. The molecule has 0 bridgehead atoms. The number of phenolic OH excluding ortho intramolecular Hbond substituents is 1. The van der Waals surface area contributed by atoms with Crippen LogP contribution in [0.4, 0.5) is 0 Å². The average molecular weight is 426 g/mol. The minimum absolute atomic E-state index is 0.0753. The average Bonchev–Trinajstić information content (AvgIpc) is 3.01. The first kappa shape index (κ1) is 22.7. The van der Waals surface area contributed by atoms with Crippen LogP contribution >= 0.6 is 11.8 Å². The number of hydrogen-bond donors (Lipinski definition) is 1. The van der Waals surface area contributed by atoms with E-state index in [9.17, 15) is 9.90 Å². The highest BCUT2D eigenvalue weighted by Gasteiger charge is 2.36. The predicted octanol–water partition coefficient (Wildman–Crippen LogP) is 6.19. The highest BCUT2D eigenvalue weighted by atomic mass is 32.2. The fraction of sp³-hybridized carbons (Fsp3) is 0.500. The molecule has 2 aromatic rings. The molecule has 1 aliphatic heterocycles. The summed E-state index contributed by atoms with van der Waals surface area (Å²) in [5.74, 6) is 1.32. The van der Waals surface area contributed by atoms with Gasteiger partial charge in [-0.2, -0.15) is 0 Å². The van der Waals surface area contributed by atoms with E-state index in [-0.39, 0.29) is 28.0 Å². The molecule has 1 heterocycles. The zero-order chi connectivity index (χ0) is 22.3. The molecule has 0 aromatic heterocycles. The number of thioether (sulfide) groups is 1. The second-order valence-corrected chi connectivity index (χ2v) is 11.6. The van der Waals surface area contributed by atoms with Crippen LogP contribution in [0.15, 0.2) is 42.5 Å². The number of nitrogens with zero attached hydrogens (tertiary/aromatic N) is 1. The first-order valence-electron chi connectivity index (χ1n) is 10.7. The molecule has 1 aliphatic rings. The monoisotopic (exact) mass is 425 g/mol. The molecule has 0 spiro atoms. The molecule has 0 saturated carbocycles. The Hall–Kier alpha value is -1.94. The number of carbonyl (C=O) groups is 1. The molecule has 1 amide bonds. The van der Waals surface area contributed by atoms with Crippen LogP contribution in [0.1, 0.15) is 76.8 Å². The van der Waals surface area contributed by atoms with Crippen molar-refractivity contribution in [1.82, 2.24) is 4.90 Å². The Morgan fingerprint density at radius 1 is 1.03 bits per heavy atom. The summed E-state index contributed by atoms with van der Waals surface area (Å²) in [5.41, 5.74) is 3.87. The molecule has 1 fully saturated rings. The molecule has 1 unspecified atom stereocenters. The summed E-state index contributed by atoms with van der Waals surface area (Å²) in [4.78, 5) is 15.2. The molecule has 0 aliphatic carbocycles. The van der Waals surface area contributed by atoms with E-state index in [2.05, 4.69) is 72.7 Å². The van der Waals surface area contributed by atoms with Gasteiger partial charge in [-0.15, -0.1) is 11.8 Å².